The van der Waals surface area contributed by atoms with Gasteiger partial charge in [0.2, 0.25) is 0 Å². The second-order valence-corrected chi connectivity index (χ2v) is 6.02. The second kappa shape index (κ2) is 6.06. The summed E-state index contributed by atoms with van der Waals surface area (Å²) >= 11 is 0. The molecule has 0 spiro atoms. The van der Waals surface area contributed by atoms with Gasteiger partial charge in [-0.1, -0.05) is 54.6 Å². The molecule has 0 saturated carbocycles. The molecule has 1 aliphatic heterocycles. The predicted octanol–water partition coefficient (Wildman–Crippen LogP) is 4.24. The number of carbonyl (C=O) groups excluding carboxylic acids is 2. The van der Waals surface area contributed by atoms with Crippen molar-refractivity contribution in [2.45, 2.75) is 20.1 Å². The molecule has 1 heterocycles. The smallest absolute Gasteiger partial charge is 0.339 e. The molecule has 0 amide bonds. The van der Waals surface area contributed by atoms with Crippen molar-refractivity contribution in [3.63, 3.8) is 0 Å². The summed E-state index contributed by atoms with van der Waals surface area (Å²) in [4.78, 5) is 23.6. The molecule has 0 atom stereocenters. The number of cyclic esters (lactones) is 1. The number of esters is 2. The molecule has 1 aliphatic rings. The molecular weight excluding hydrogens is 316 g/mol. The van der Waals surface area contributed by atoms with Gasteiger partial charge in [-0.3, -0.25) is 4.79 Å². The Morgan fingerprint density at radius 1 is 1.04 bits per heavy atom. The first kappa shape index (κ1) is 15.4. The minimum Gasteiger partial charge on any atom is -0.461 e. The van der Waals surface area contributed by atoms with Crippen molar-refractivity contribution in [1.82, 2.24) is 0 Å². The normalized spacial score (nSPS) is 12.8. The Balaban J connectivity index is 2.00. The zero-order valence-electron chi connectivity index (χ0n) is 13.7. The highest BCUT2D eigenvalue weighted by Gasteiger charge is 2.28. The first-order valence-corrected chi connectivity index (χ1v) is 8.08. The van der Waals surface area contributed by atoms with E-state index in [4.69, 9.17) is 9.47 Å². The number of benzene rings is 3. The van der Waals surface area contributed by atoms with E-state index in [0.717, 1.165) is 33.0 Å². The second-order valence-electron chi connectivity index (χ2n) is 6.02. The number of fused-ring (bicyclic) bond motifs is 2. The fourth-order valence-corrected chi connectivity index (χ4v) is 3.31. The van der Waals surface area contributed by atoms with Gasteiger partial charge in [-0.2, -0.15) is 0 Å². The predicted molar refractivity (Wildman–Crippen MR) is 94.0 cm³/mol. The maximum Gasteiger partial charge on any atom is 0.339 e. The van der Waals surface area contributed by atoms with Crippen LogP contribution in [0.4, 0.5) is 0 Å². The van der Waals surface area contributed by atoms with Crippen molar-refractivity contribution >= 4 is 22.7 Å². The minimum absolute atomic E-state index is 0.119. The van der Waals surface area contributed by atoms with Crippen molar-refractivity contribution in [3.8, 4) is 11.1 Å². The van der Waals surface area contributed by atoms with E-state index in [1.165, 1.54) is 6.92 Å². The van der Waals surface area contributed by atoms with Gasteiger partial charge in [0.05, 0.1) is 5.56 Å². The van der Waals surface area contributed by atoms with Gasteiger partial charge in [-0.15, -0.1) is 0 Å². The molecule has 4 rings (SSSR count). The summed E-state index contributed by atoms with van der Waals surface area (Å²) in [5, 5.41) is 2.13. The van der Waals surface area contributed by atoms with Gasteiger partial charge in [0.15, 0.2) is 0 Å². The Morgan fingerprint density at radius 3 is 2.68 bits per heavy atom. The van der Waals surface area contributed by atoms with Gasteiger partial charge in [-0.05, 0) is 21.9 Å². The Bertz CT molecular complexity index is 999. The van der Waals surface area contributed by atoms with E-state index in [-0.39, 0.29) is 25.2 Å². The molecule has 4 heteroatoms. The van der Waals surface area contributed by atoms with Crippen LogP contribution < -0.4 is 0 Å². The number of rotatable bonds is 3. The topological polar surface area (TPSA) is 52.6 Å². The lowest BCUT2D eigenvalue weighted by Crippen LogP contribution is -2.05. The minimum atomic E-state index is -0.355. The van der Waals surface area contributed by atoms with Gasteiger partial charge >= 0.3 is 11.9 Å². The zero-order chi connectivity index (χ0) is 17.4. The third-order valence-electron chi connectivity index (χ3n) is 4.43. The monoisotopic (exact) mass is 332 g/mol. The van der Waals surface area contributed by atoms with Crippen LogP contribution in [0.1, 0.15) is 28.4 Å². The van der Waals surface area contributed by atoms with E-state index >= 15 is 0 Å². The van der Waals surface area contributed by atoms with Crippen LogP contribution in [0.5, 0.6) is 0 Å². The molecule has 0 aromatic heterocycles. The fourth-order valence-electron chi connectivity index (χ4n) is 3.31. The SMILES string of the molecule is CC(=O)OCc1ccc2c(c1-c1cccc3ccccc13)C(=O)OC2. The third kappa shape index (κ3) is 2.66. The number of ether oxygens (including phenoxy) is 2. The summed E-state index contributed by atoms with van der Waals surface area (Å²) in [6, 6.07) is 17.8. The largest absolute Gasteiger partial charge is 0.461 e. The van der Waals surface area contributed by atoms with Crippen LogP contribution in [-0.4, -0.2) is 11.9 Å². The molecule has 0 saturated heterocycles. The average Bonchev–Trinajstić information content (AvgIpc) is 3.00. The van der Waals surface area contributed by atoms with Crippen LogP contribution in [-0.2, 0) is 27.5 Å². The molecular formula is C21H16O4. The van der Waals surface area contributed by atoms with Gasteiger partial charge in [-0.25, -0.2) is 4.79 Å². The molecule has 3 aromatic carbocycles. The van der Waals surface area contributed by atoms with E-state index in [1.807, 2.05) is 54.6 Å². The first-order chi connectivity index (χ1) is 12.1. The Hall–Kier alpha value is -3.14. The van der Waals surface area contributed by atoms with E-state index < -0.39 is 0 Å². The van der Waals surface area contributed by atoms with Crippen LogP contribution in [0.3, 0.4) is 0 Å². The maximum atomic E-state index is 12.4. The maximum absolute atomic E-state index is 12.4. The summed E-state index contributed by atoms with van der Waals surface area (Å²) in [7, 11) is 0. The lowest BCUT2D eigenvalue weighted by Gasteiger charge is -2.15. The fraction of sp³-hybridized carbons (Fsp3) is 0.143. The Morgan fingerprint density at radius 2 is 1.84 bits per heavy atom. The standard InChI is InChI=1S/C21H16O4/c1-13(22)24-11-15-9-10-16-12-25-21(23)20(16)19(15)18-8-4-6-14-5-2-3-7-17(14)18/h2-10H,11-12H2,1H3. The van der Waals surface area contributed by atoms with E-state index in [0.29, 0.717) is 5.56 Å². The van der Waals surface area contributed by atoms with Crippen molar-refractivity contribution in [1.29, 1.82) is 0 Å². The molecule has 3 aromatic rings. The van der Waals surface area contributed by atoms with Gasteiger partial charge < -0.3 is 9.47 Å². The summed E-state index contributed by atoms with van der Waals surface area (Å²) in [5.41, 5.74) is 3.96. The summed E-state index contributed by atoms with van der Waals surface area (Å²) in [6.45, 7) is 1.77. The van der Waals surface area contributed by atoms with Gasteiger partial charge in [0.1, 0.15) is 13.2 Å². The summed E-state index contributed by atoms with van der Waals surface area (Å²) in [6.07, 6.45) is 0. The van der Waals surface area contributed by atoms with Crippen LogP contribution in [0, 0.1) is 0 Å². The quantitative estimate of drug-likeness (QED) is 0.673. The van der Waals surface area contributed by atoms with Crippen LogP contribution in [0.2, 0.25) is 0 Å². The van der Waals surface area contributed by atoms with Gasteiger partial charge in [0.25, 0.3) is 0 Å². The molecule has 0 radical (unpaired) electrons. The lowest BCUT2D eigenvalue weighted by molar-refractivity contribution is -0.142. The third-order valence-corrected chi connectivity index (χ3v) is 4.43. The molecule has 124 valence electrons. The molecule has 0 bridgehead atoms. The Kier molecular flexibility index (Phi) is 3.73. The van der Waals surface area contributed by atoms with E-state index in [9.17, 15) is 9.59 Å². The lowest BCUT2D eigenvalue weighted by atomic mass is 9.89. The van der Waals surface area contributed by atoms with Crippen molar-refractivity contribution in [2.24, 2.45) is 0 Å². The highest BCUT2D eigenvalue weighted by molar-refractivity contribution is 6.07. The van der Waals surface area contributed by atoms with E-state index in [1.54, 1.807) is 0 Å². The molecule has 0 unspecified atom stereocenters. The number of hydrogen-bond donors (Lipinski definition) is 0. The highest BCUT2D eigenvalue weighted by atomic mass is 16.5. The summed E-state index contributed by atoms with van der Waals surface area (Å²) in [5.74, 6) is -0.686. The first-order valence-electron chi connectivity index (χ1n) is 8.08. The van der Waals surface area contributed by atoms with Crippen LogP contribution >= 0.6 is 0 Å². The number of hydrogen-bond acceptors (Lipinski definition) is 4. The molecule has 0 fully saturated rings. The van der Waals surface area contributed by atoms with Crippen molar-refractivity contribution in [2.75, 3.05) is 0 Å². The van der Waals surface area contributed by atoms with Crippen molar-refractivity contribution < 1.29 is 19.1 Å². The highest BCUT2D eigenvalue weighted by Crippen LogP contribution is 2.38. The molecule has 0 N–H and O–H groups in total. The van der Waals surface area contributed by atoms with Crippen molar-refractivity contribution in [3.05, 3.63) is 71.3 Å². The molecule has 25 heavy (non-hydrogen) atoms. The van der Waals surface area contributed by atoms with E-state index in [2.05, 4.69) is 0 Å². The average molecular weight is 332 g/mol. The molecule has 0 aliphatic carbocycles. The molecule has 4 nitrogen and oxygen atoms in total. The van der Waals surface area contributed by atoms with Crippen LogP contribution in [0.15, 0.2) is 54.6 Å². The Labute approximate surface area is 145 Å². The van der Waals surface area contributed by atoms with Crippen LogP contribution in [0.25, 0.3) is 21.9 Å². The number of carbonyl (C=O) groups is 2. The summed E-state index contributed by atoms with van der Waals surface area (Å²) < 4.78 is 10.4. The zero-order valence-corrected chi connectivity index (χ0v) is 13.7. The van der Waals surface area contributed by atoms with Gasteiger partial charge in [0, 0.05) is 18.1 Å².